The average molecular weight is 244 g/mol. The van der Waals surface area contributed by atoms with Crippen molar-refractivity contribution in [2.24, 2.45) is 0 Å². The van der Waals surface area contributed by atoms with E-state index in [0.29, 0.717) is 5.56 Å². The van der Waals surface area contributed by atoms with Crippen molar-refractivity contribution in [3.63, 3.8) is 0 Å². The second-order valence-corrected chi connectivity index (χ2v) is 5.30. The molecule has 4 nitrogen and oxygen atoms in total. The molecule has 1 fully saturated rings. The summed E-state index contributed by atoms with van der Waals surface area (Å²) in [7, 11) is 0. The minimum atomic E-state index is -0.885. The van der Waals surface area contributed by atoms with Gasteiger partial charge in [-0.15, -0.1) is 0 Å². The summed E-state index contributed by atoms with van der Waals surface area (Å²) in [6.45, 7) is 2.19. The average Bonchev–Trinajstić information content (AvgIpc) is 2.95. The maximum absolute atomic E-state index is 11.3. The van der Waals surface area contributed by atoms with Crippen LogP contribution in [0.4, 0.5) is 0 Å². The zero-order valence-electron chi connectivity index (χ0n) is 10.4. The van der Waals surface area contributed by atoms with Gasteiger partial charge in [-0.2, -0.15) is 0 Å². The number of hydrogen-bond donors (Lipinski definition) is 1. The predicted octanol–water partition coefficient (Wildman–Crippen LogP) is 3.02. The number of carboxylic acid groups (broad SMARTS) is 1. The van der Waals surface area contributed by atoms with Gasteiger partial charge in [0.05, 0.1) is 22.9 Å². The molecule has 1 N–H and O–H groups in total. The van der Waals surface area contributed by atoms with Crippen LogP contribution < -0.4 is 0 Å². The molecule has 3 rings (SSSR count). The Labute approximate surface area is 105 Å². The Morgan fingerprint density at radius 3 is 2.78 bits per heavy atom. The second kappa shape index (κ2) is 3.83. The van der Waals surface area contributed by atoms with Crippen LogP contribution in [-0.2, 0) is 5.54 Å². The lowest BCUT2D eigenvalue weighted by Gasteiger charge is -2.27. The maximum atomic E-state index is 11.3. The fraction of sp³-hybridized carbons (Fsp3) is 0.429. The van der Waals surface area contributed by atoms with Crippen LogP contribution in [0.2, 0.25) is 0 Å². The molecule has 2 aromatic rings. The molecule has 1 heterocycles. The van der Waals surface area contributed by atoms with Crippen molar-refractivity contribution in [1.82, 2.24) is 9.55 Å². The van der Waals surface area contributed by atoms with E-state index in [0.717, 1.165) is 23.9 Å². The molecule has 0 aliphatic heterocycles. The number of aromatic carboxylic acids is 1. The number of hydrogen-bond acceptors (Lipinski definition) is 2. The molecule has 1 aromatic heterocycles. The number of carboxylic acids is 1. The number of benzene rings is 1. The highest BCUT2D eigenvalue weighted by Crippen LogP contribution is 2.38. The van der Waals surface area contributed by atoms with Crippen LogP contribution in [0.25, 0.3) is 11.0 Å². The molecule has 0 atom stereocenters. The molecule has 4 heteroatoms. The molecule has 0 spiro atoms. The van der Waals surface area contributed by atoms with Crippen LogP contribution >= 0.6 is 0 Å². The van der Waals surface area contributed by atoms with Crippen LogP contribution in [0, 0.1) is 0 Å². The highest BCUT2D eigenvalue weighted by atomic mass is 16.4. The highest BCUT2D eigenvalue weighted by Gasteiger charge is 2.32. The van der Waals surface area contributed by atoms with Gasteiger partial charge in [0.15, 0.2) is 0 Å². The van der Waals surface area contributed by atoms with E-state index >= 15 is 0 Å². The van der Waals surface area contributed by atoms with Crippen LogP contribution in [0.3, 0.4) is 0 Å². The van der Waals surface area contributed by atoms with Crippen molar-refractivity contribution in [2.45, 2.75) is 38.1 Å². The quantitative estimate of drug-likeness (QED) is 0.883. The van der Waals surface area contributed by atoms with Crippen molar-refractivity contribution < 1.29 is 9.90 Å². The Kier molecular flexibility index (Phi) is 2.40. The fourth-order valence-corrected chi connectivity index (χ4v) is 3.03. The van der Waals surface area contributed by atoms with Crippen molar-refractivity contribution in [3.05, 3.63) is 30.1 Å². The van der Waals surface area contributed by atoms with Crippen LogP contribution in [0.1, 0.15) is 43.0 Å². The monoisotopic (exact) mass is 244 g/mol. The van der Waals surface area contributed by atoms with Gasteiger partial charge in [-0.3, -0.25) is 0 Å². The number of fused-ring (bicyclic) bond motifs is 1. The number of rotatable bonds is 2. The van der Waals surface area contributed by atoms with Gasteiger partial charge >= 0.3 is 5.97 Å². The number of imidazole rings is 1. The molecule has 18 heavy (non-hydrogen) atoms. The van der Waals surface area contributed by atoms with Crippen molar-refractivity contribution in [3.8, 4) is 0 Å². The molecule has 0 amide bonds. The van der Waals surface area contributed by atoms with E-state index in [1.807, 2.05) is 6.07 Å². The Morgan fingerprint density at radius 1 is 1.39 bits per heavy atom. The number of para-hydroxylation sites is 1. The van der Waals surface area contributed by atoms with Gasteiger partial charge in [-0.1, -0.05) is 18.9 Å². The third kappa shape index (κ3) is 1.52. The van der Waals surface area contributed by atoms with Gasteiger partial charge in [0.1, 0.15) is 0 Å². The summed E-state index contributed by atoms with van der Waals surface area (Å²) in [5.41, 5.74) is 1.89. The fourth-order valence-electron chi connectivity index (χ4n) is 3.03. The van der Waals surface area contributed by atoms with Crippen molar-refractivity contribution >= 4 is 17.0 Å². The van der Waals surface area contributed by atoms with Crippen molar-refractivity contribution in [1.29, 1.82) is 0 Å². The smallest absolute Gasteiger partial charge is 0.337 e. The van der Waals surface area contributed by atoms with Gasteiger partial charge in [0, 0.05) is 5.54 Å². The molecule has 1 aliphatic carbocycles. The van der Waals surface area contributed by atoms with Gasteiger partial charge in [0.25, 0.3) is 0 Å². The first-order valence-corrected chi connectivity index (χ1v) is 6.32. The first-order valence-electron chi connectivity index (χ1n) is 6.32. The Morgan fingerprint density at radius 2 is 2.11 bits per heavy atom. The lowest BCUT2D eigenvalue weighted by Crippen LogP contribution is -2.26. The number of nitrogens with zero attached hydrogens (tertiary/aromatic N) is 2. The first-order chi connectivity index (χ1) is 8.62. The molecule has 1 aliphatic rings. The van der Waals surface area contributed by atoms with E-state index in [4.69, 9.17) is 0 Å². The van der Waals surface area contributed by atoms with Gasteiger partial charge in [-0.25, -0.2) is 9.78 Å². The predicted molar refractivity (Wildman–Crippen MR) is 68.8 cm³/mol. The highest BCUT2D eigenvalue weighted by molar-refractivity contribution is 6.01. The molecule has 0 bridgehead atoms. The summed E-state index contributed by atoms with van der Waals surface area (Å²) in [5.74, 6) is -0.885. The molecule has 1 aromatic carbocycles. The summed E-state index contributed by atoms with van der Waals surface area (Å²) in [6, 6.07) is 5.28. The topological polar surface area (TPSA) is 55.1 Å². The van der Waals surface area contributed by atoms with E-state index in [-0.39, 0.29) is 5.54 Å². The summed E-state index contributed by atoms with van der Waals surface area (Å²) >= 11 is 0. The number of aromatic nitrogens is 2. The second-order valence-electron chi connectivity index (χ2n) is 5.30. The van der Waals surface area contributed by atoms with E-state index < -0.39 is 5.97 Å². The molecule has 0 saturated heterocycles. The SMILES string of the molecule is CC1(n2cnc3cccc(C(=O)O)c32)CCCC1. The van der Waals surface area contributed by atoms with Gasteiger partial charge < -0.3 is 9.67 Å². The van der Waals surface area contributed by atoms with E-state index in [9.17, 15) is 9.90 Å². The van der Waals surface area contributed by atoms with E-state index in [1.54, 1.807) is 18.5 Å². The van der Waals surface area contributed by atoms with E-state index in [1.165, 1.54) is 12.8 Å². The largest absolute Gasteiger partial charge is 0.478 e. The Hall–Kier alpha value is -1.84. The summed E-state index contributed by atoms with van der Waals surface area (Å²) in [4.78, 5) is 15.7. The summed E-state index contributed by atoms with van der Waals surface area (Å²) < 4.78 is 2.07. The van der Waals surface area contributed by atoms with Crippen molar-refractivity contribution in [2.75, 3.05) is 0 Å². The lowest BCUT2D eigenvalue weighted by molar-refractivity contribution is 0.0698. The molecular formula is C14H16N2O2. The maximum Gasteiger partial charge on any atom is 0.337 e. The Bertz CT molecular complexity index is 609. The lowest BCUT2D eigenvalue weighted by atomic mass is 9.99. The molecule has 0 radical (unpaired) electrons. The molecule has 1 saturated carbocycles. The first kappa shape index (κ1) is 11.3. The molecular weight excluding hydrogens is 228 g/mol. The molecule has 0 unspecified atom stereocenters. The van der Waals surface area contributed by atoms with Gasteiger partial charge in [-0.05, 0) is 31.9 Å². The molecule has 94 valence electrons. The van der Waals surface area contributed by atoms with Crippen LogP contribution in [0.15, 0.2) is 24.5 Å². The summed E-state index contributed by atoms with van der Waals surface area (Å²) in [6.07, 6.45) is 6.37. The summed E-state index contributed by atoms with van der Waals surface area (Å²) in [5, 5.41) is 9.31. The van der Waals surface area contributed by atoms with Crippen LogP contribution in [0.5, 0.6) is 0 Å². The third-order valence-corrected chi connectivity index (χ3v) is 4.06. The van der Waals surface area contributed by atoms with Gasteiger partial charge in [0.2, 0.25) is 0 Å². The Balaban J connectivity index is 2.27. The minimum absolute atomic E-state index is 0.0142. The third-order valence-electron chi connectivity index (χ3n) is 4.06. The zero-order valence-corrected chi connectivity index (χ0v) is 10.4. The standard InChI is InChI=1S/C14H16N2O2/c1-14(7-2-3-8-14)16-9-15-11-6-4-5-10(12(11)16)13(17)18/h4-6,9H,2-3,7-8H2,1H3,(H,17,18). The minimum Gasteiger partial charge on any atom is -0.478 e. The normalized spacial score (nSPS) is 18.3. The number of carbonyl (C=O) groups is 1. The van der Waals surface area contributed by atoms with Crippen LogP contribution in [-0.4, -0.2) is 20.6 Å². The van der Waals surface area contributed by atoms with E-state index in [2.05, 4.69) is 16.5 Å². The zero-order chi connectivity index (χ0) is 12.8.